The Morgan fingerprint density at radius 2 is 1.94 bits per heavy atom. The summed E-state index contributed by atoms with van der Waals surface area (Å²) >= 11 is 0. The van der Waals surface area contributed by atoms with Crippen molar-refractivity contribution >= 4 is 17.7 Å². The Morgan fingerprint density at radius 3 is 2.50 bits per heavy atom. The standard InChI is InChI=1S/C9H12N2O5/c12-7-3-11(4-8(13)10-7)9(14)6-5-15-1-2-16-6/h6H,1-5H2,(H,10,12,13). The third kappa shape index (κ3) is 2.37. The molecular weight excluding hydrogens is 216 g/mol. The van der Waals surface area contributed by atoms with Gasteiger partial charge in [0.2, 0.25) is 11.8 Å². The molecule has 3 amide bonds. The van der Waals surface area contributed by atoms with E-state index < -0.39 is 17.9 Å². The van der Waals surface area contributed by atoms with Crippen LogP contribution in [0.25, 0.3) is 0 Å². The van der Waals surface area contributed by atoms with E-state index in [0.717, 1.165) is 0 Å². The smallest absolute Gasteiger partial charge is 0.255 e. The van der Waals surface area contributed by atoms with Crippen molar-refractivity contribution in [1.82, 2.24) is 10.2 Å². The zero-order valence-corrected chi connectivity index (χ0v) is 8.60. The van der Waals surface area contributed by atoms with Crippen molar-refractivity contribution in [3.63, 3.8) is 0 Å². The molecule has 2 rings (SSSR count). The van der Waals surface area contributed by atoms with Crippen molar-refractivity contribution in [3.8, 4) is 0 Å². The highest BCUT2D eigenvalue weighted by molar-refractivity contribution is 6.03. The topological polar surface area (TPSA) is 84.9 Å². The number of rotatable bonds is 1. The summed E-state index contributed by atoms with van der Waals surface area (Å²) in [5.74, 6) is -1.31. The van der Waals surface area contributed by atoms with Gasteiger partial charge in [0.15, 0.2) is 6.10 Å². The normalized spacial score (nSPS) is 26.5. The van der Waals surface area contributed by atoms with E-state index in [0.29, 0.717) is 13.2 Å². The van der Waals surface area contributed by atoms with Gasteiger partial charge in [-0.3, -0.25) is 19.7 Å². The minimum atomic E-state index is -0.701. The van der Waals surface area contributed by atoms with Gasteiger partial charge in [-0.1, -0.05) is 0 Å². The molecule has 0 saturated carbocycles. The van der Waals surface area contributed by atoms with Crippen LogP contribution in [-0.4, -0.2) is 61.6 Å². The number of ether oxygens (including phenoxy) is 2. The number of piperazine rings is 1. The van der Waals surface area contributed by atoms with E-state index in [1.165, 1.54) is 4.90 Å². The highest BCUT2D eigenvalue weighted by atomic mass is 16.6. The van der Waals surface area contributed by atoms with Crippen LogP contribution in [0.5, 0.6) is 0 Å². The minimum absolute atomic E-state index is 0.107. The Labute approximate surface area is 91.7 Å². The van der Waals surface area contributed by atoms with Crippen molar-refractivity contribution in [3.05, 3.63) is 0 Å². The summed E-state index contributed by atoms with van der Waals surface area (Å²) < 4.78 is 10.3. The van der Waals surface area contributed by atoms with Gasteiger partial charge in [-0.25, -0.2) is 0 Å². The van der Waals surface area contributed by atoms with E-state index in [2.05, 4.69) is 5.32 Å². The molecule has 2 aliphatic heterocycles. The molecule has 0 spiro atoms. The van der Waals surface area contributed by atoms with Crippen LogP contribution in [0.2, 0.25) is 0 Å². The molecule has 0 bridgehead atoms. The summed E-state index contributed by atoms with van der Waals surface area (Å²) in [4.78, 5) is 35.2. The molecule has 2 heterocycles. The molecule has 7 heteroatoms. The van der Waals surface area contributed by atoms with Crippen LogP contribution in [0.3, 0.4) is 0 Å². The number of hydrogen-bond donors (Lipinski definition) is 1. The number of imide groups is 1. The van der Waals surface area contributed by atoms with Crippen LogP contribution < -0.4 is 5.32 Å². The zero-order chi connectivity index (χ0) is 11.5. The molecule has 0 aromatic rings. The van der Waals surface area contributed by atoms with E-state index in [1.54, 1.807) is 0 Å². The Morgan fingerprint density at radius 1 is 1.25 bits per heavy atom. The Balaban J connectivity index is 1.97. The maximum atomic E-state index is 11.8. The van der Waals surface area contributed by atoms with E-state index >= 15 is 0 Å². The van der Waals surface area contributed by atoms with Crippen molar-refractivity contribution < 1.29 is 23.9 Å². The average Bonchev–Trinajstić information content (AvgIpc) is 2.28. The number of carbonyl (C=O) groups excluding carboxylic acids is 3. The second kappa shape index (κ2) is 4.58. The molecule has 0 aromatic carbocycles. The van der Waals surface area contributed by atoms with Crippen molar-refractivity contribution in [2.45, 2.75) is 6.10 Å². The van der Waals surface area contributed by atoms with Gasteiger partial charge in [0.1, 0.15) is 13.1 Å². The number of amides is 3. The number of nitrogens with one attached hydrogen (secondary N) is 1. The molecule has 2 saturated heterocycles. The quantitative estimate of drug-likeness (QED) is 0.519. The van der Waals surface area contributed by atoms with Crippen molar-refractivity contribution in [1.29, 1.82) is 0 Å². The van der Waals surface area contributed by atoms with Gasteiger partial charge in [0.05, 0.1) is 19.8 Å². The van der Waals surface area contributed by atoms with Gasteiger partial charge in [-0.05, 0) is 0 Å². The molecule has 1 unspecified atom stereocenters. The average molecular weight is 228 g/mol. The van der Waals surface area contributed by atoms with E-state index in [9.17, 15) is 14.4 Å². The molecule has 2 fully saturated rings. The maximum absolute atomic E-state index is 11.8. The molecule has 0 radical (unpaired) electrons. The zero-order valence-electron chi connectivity index (χ0n) is 8.60. The van der Waals surface area contributed by atoms with Gasteiger partial charge < -0.3 is 14.4 Å². The lowest BCUT2D eigenvalue weighted by Crippen LogP contribution is -2.56. The molecule has 16 heavy (non-hydrogen) atoms. The van der Waals surface area contributed by atoms with Gasteiger partial charge in [0, 0.05) is 0 Å². The fourth-order valence-corrected chi connectivity index (χ4v) is 1.63. The van der Waals surface area contributed by atoms with Crippen LogP contribution in [0.15, 0.2) is 0 Å². The first-order valence-electron chi connectivity index (χ1n) is 4.97. The molecule has 0 aliphatic carbocycles. The summed E-state index contributed by atoms with van der Waals surface area (Å²) in [5, 5.41) is 2.12. The first kappa shape index (κ1) is 11.0. The number of carbonyl (C=O) groups is 3. The fourth-order valence-electron chi connectivity index (χ4n) is 1.63. The van der Waals surface area contributed by atoms with E-state index in [1.807, 2.05) is 0 Å². The lowest BCUT2D eigenvalue weighted by Gasteiger charge is -2.30. The number of nitrogens with zero attached hydrogens (tertiary/aromatic N) is 1. The lowest BCUT2D eigenvalue weighted by atomic mass is 10.2. The van der Waals surface area contributed by atoms with E-state index in [-0.39, 0.29) is 25.6 Å². The van der Waals surface area contributed by atoms with Gasteiger partial charge in [-0.2, -0.15) is 0 Å². The van der Waals surface area contributed by atoms with Crippen LogP contribution in [0.1, 0.15) is 0 Å². The Kier molecular flexibility index (Phi) is 3.16. The fraction of sp³-hybridized carbons (Fsp3) is 0.667. The first-order valence-corrected chi connectivity index (χ1v) is 4.97. The molecular formula is C9H12N2O5. The van der Waals surface area contributed by atoms with Gasteiger partial charge >= 0.3 is 0 Å². The Bertz CT molecular complexity index is 308. The van der Waals surface area contributed by atoms with Gasteiger partial charge in [0.25, 0.3) is 5.91 Å². The summed E-state index contributed by atoms with van der Waals surface area (Å²) in [7, 11) is 0. The summed E-state index contributed by atoms with van der Waals surface area (Å²) in [5.41, 5.74) is 0. The molecule has 2 aliphatic rings. The third-order valence-corrected chi connectivity index (χ3v) is 2.35. The molecule has 0 aromatic heterocycles. The minimum Gasteiger partial charge on any atom is -0.376 e. The summed E-state index contributed by atoms with van der Waals surface area (Å²) in [6.45, 7) is 0.771. The highest BCUT2D eigenvalue weighted by Crippen LogP contribution is 2.06. The summed E-state index contributed by atoms with van der Waals surface area (Å²) in [6.07, 6.45) is -0.701. The Hall–Kier alpha value is -1.47. The van der Waals surface area contributed by atoms with Crippen LogP contribution in [-0.2, 0) is 23.9 Å². The third-order valence-electron chi connectivity index (χ3n) is 2.35. The first-order chi connectivity index (χ1) is 7.66. The van der Waals surface area contributed by atoms with Crippen LogP contribution >= 0.6 is 0 Å². The SMILES string of the molecule is O=C1CN(C(=O)C2COCCO2)CC(=O)N1. The molecule has 7 nitrogen and oxygen atoms in total. The number of hydrogen-bond acceptors (Lipinski definition) is 5. The molecule has 1 atom stereocenters. The second-order valence-corrected chi connectivity index (χ2v) is 3.60. The lowest BCUT2D eigenvalue weighted by molar-refractivity contribution is -0.162. The highest BCUT2D eigenvalue weighted by Gasteiger charge is 2.32. The van der Waals surface area contributed by atoms with Crippen LogP contribution in [0, 0.1) is 0 Å². The van der Waals surface area contributed by atoms with Crippen LogP contribution in [0.4, 0.5) is 0 Å². The molecule has 1 N–H and O–H groups in total. The van der Waals surface area contributed by atoms with Crippen molar-refractivity contribution in [2.24, 2.45) is 0 Å². The summed E-state index contributed by atoms with van der Waals surface area (Å²) in [6, 6.07) is 0. The predicted octanol–water partition coefficient (Wildman–Crippen LogP) is -2.11. The van der Waals surface area contributed by atoms with E-state index in [4.69, 9.17) is 9.47 Å². The van der Waals surface area contributed by atoms with Gasteiger partial charge in [-0.15, -0.1) is 0 Å². The predicted molar refractivity (Wildman–Crippen MR) is 50.3 cm³/mol. The largest absolute Gasteiger partial charge is 0.376 e. The van der Waals surface area contributed by atoms with Crippen molar-refractivity contribution in [2.75, 3.05) is 32.9 Å². The molecule has 88 valence electrons. The maximum Gasteiger partial charge on any atom is 0.255 e. The monoisotopic (exact) mass is 228 g/mol. The second-order valence-electron chi connectivity index (χ2n) is 3.60.